The van der Waals surface area contributed by atoms with E-state index in [9.17, 15) is 9.59 Å². The van der Waals surface area contributed by atoms with Crippen LogP contribution in [0.15, 0.2) is 24.3 Å². The summed E-state index contributed by atoms with van der Waals surface area (Å²) in [6, 6.07) is 5.02. The van der Waals surface area contributed by atoms with Crippen molar-refractivity contribution in [2.45, 2.75) is 26.1 Å². The molecule has 0 aliphatic carbocycles. The van der Waals surface area contributed by atoms with Crippen LogP contribution in [0.5, 0.6) is 0 Å². The molecule has 0 saturated carbocycles. The normalized spacial score (nSPS) is 12.9. The third-order valence-corrected chi connectivity index (χ3v) is 2.08. The number of carboxylic acid groups (broad SMARTS) is 2. The van der Waals surface area contributed by atoms with Gasteiger partial charge in [0, 0.05) is 0 Å². The zero-order chi connectivity index (χ0) is 14.3. The first-order chi connectivity index (χ1) is 8.25. The molecular weight excluding hydrogens is 240 g/mol. The van der Waals surface area contributed by atoms with Gasteiger partial charge in [0.05, 0.1) is 23.3 Å². The molecule has 2 unspecified atom stereocenters. The Kier molecular flexibility index (Phi) is 6.62. The van der Waals surface area contributed by atoms with Crippen molar-refractivity contribution in [2.24, 2.45) is 0 Å². The van der Waals surface area contributed by atoms with Gasteiger partial charge < -0.3 is 20.4 Å². The highest BCUT2D eigenvalue weighted by atomic mass is 16.4. The fraction of sp³-hybridized carbons (Fsp3) is 0.333. The first-order valence-electron chi connectivity index (χ1n) is 5.18. The molecule has 1 aromatic rings. The Balaban J connectivity index is 0.000000411. The van der Waals surface area contributed by atoms with Crippen molar-refractivity contribution in [3.8, 4) is 0 Å². The lowest BCUT2D eigenvalue weighted by molar-refractivity contribution is 0.0438. The Bertz CT molecular complexity index is 355. The molecule has 6 nitrogen and oxygen atoms in total. The lowest BCUT2D eigenvalue weighted by atomic mass is 10.1. The molecule has 18 heavy (non-hydrogen) atoms. The van der Waals surface area contributed by atoms with E-state index in [0.29, 0.717) is 0 Å². The summed E-state index contributed by atoms with van der Waals surface area (Å²) in [6.45, 7) is 3.09. The lowest BCUT2D eigenvalue weighted by Gasteiger charge is -2.03. The number of benzene rings is 1. The maximum atomic E-state index is 10.3. The van der Waals surface area contributed by atoms with Crippen LogP contribution in [0.3, 0.4) is 0 Å². The van der Waals surface area contributed by atoms with Crippen LogP contribution in [-0.2, 0) is 0 Å². The zero-order valence-corrected chi connectivity index (χ0v) is 10.1. The fourth-order valence-electron chi connectivity index (χ4n) is 0.755. The molecule has 0 heterocycles. The van der Waals surface area contributed by atoms with Gasteiger partial charge in [-0.2, -0.15) is 0 Å². The molecule has 0 amide bonds. The maximum absolute atomic E-state index is 10.3. The number of carboxylic acids is 2. The van der Waals surface area contributed by atoms with Gasteiger partial charge in [-0.1, -0.05) is 0 Å². The summed E-state index contributed by atoms with van der Waals surface area (Å²) in [4.78, 5) is 20.7. The van der Waals surface area contributed by atoms with Gasteiger partial charge in [-0.3, -0.25) is 0 Å². The van der Waals surface area contributed by atoms with Crippen molar-refractivity contribution >= 4 is 11.9 Å². The molecule has 0 fully saturated rings. The van der Waals surface area contributed by atoms with Crippen LogP contribution >= 0.6 is 0 Å². The van der Waals surface area contributed by atoms with Gasteiger partial charge in [-0.25, -0.2) is 9.59 Å². The van der Waals surface area contributed by atoms with Crippen molar-refractivity contribution < 1.29 is 30.0 Å². The molecule has 0 bridgehead atoms. The second kappa shape index (κ2) is 7.41. The Morgan fingerprint density at radius 3 is 1.17 bits per heavy atom. The molecule has 6 heteroatoms. The van der Waals surface area contributed by atoms with Crippen LogP contribution in [0.1, 0.15) is 34.6 Å². The van der Waals surface area contributed by atoms with Crippen LogP contribution in [-0.4, -0.2) is 44.6 Å². The summed E-state index contributed by atoms with van der Waals surface area (Å²) in [7, 11) is 0. The van der Waals surface area contributed by atoms with Gasteiger partial charge >= 0.3 is 11.9 Å². The Morgan fingerprint density at radius 2 is 1.06 bits per heavy atom. The third kappa shape index (κ3) is 5.97. The van der Waals surface area contributed by atoms with E-state index in [-0.39, 0.29) is 11.1 Å². The monoisotopic (exact) mass is 256 g/mol. The zero-order valence-electron chi connectivity index (χ0n) is 10.1. The molecule has 0 saturated heterocycles. The number of hydrogen-bond acceptors (Lipinski definition) is 4. The highest BCUT2D eigenvalue weighted by molar-refractivity contribution is 5.91. The first kappa shape index (κ1) is 16.1. The topological polar surface area (TPSA) is 115 Å². The second-order valence-corrected chi connectivity index (χ2v) is 3.67. The SMILES string of the molecule is CC(O)C(C)O.O=C(O)c1ccc(C(=O)O)cc1. The van der Waals surface area contributed by atoms with Gasteiger partial charge in [0.2, 0.25) is 0 Å². The van der Waals surface area contributed by atoms with Crippen molar-refractivity contribution in [1.29, 1.82) is 0 Å². The van der Waals surface area contributed by atoms with E-state index in [4.69, 9.17) is 20.4 Å². The molecule has 100 valence electrons. The van der Waals surface area contributed by atoms with E-state index in [1.54, 1.807) is 13.8 Å². The van der Waals surface area contributed by atoms with Gasteiger partial charge in [0.15, 0.2) is 0 Å². The van der Waals surface area contributed by atoms with Gasteiger partial charge in [-0.15, -0.1) is 0 Å². The molecule has 0 aliphatic rings. The second-order valence-electron chi connectivity index (χ2n) is 3.67. The van der Waals surface area contributed by atoms with Gasteiger partial charge in [-0.05, 0) is 38.1 Å². The standard InChI is InChI=1S/C8H6O4.C4H10O2/c9-7(10)5-1-2-6(4-3-5)8(11)12;1-3(5)4(2)6/h1-4H,(H,9,10)(H,11,12);3-6H,1-2H3. The van der Waals surface area contributed by atoms with Gasteiger partial charge in [0.1, 0.15) is 0 Å². The molecule has 2 atom stereocenters. The minimum absolute atomic E-state index is 0.0833. The Labute approximate surface area is 104 Å². The molecule has 0 radical (unpaired) electrons. The molecule has 0 aromatic heterocycles. The van der Waals surface area contributed by atoms with Crippen LogP contribution in [0.2, 0.25) is 0 Å². The van der Waals surface area contributed by atoms with E-state index < -0.39 is 24.1 Å². The summed E-state index contributed by atoms with van der Waals surface area (Å²) in [5, 5.41) is 33.7. The molecule has 4 N–H and O–H groups in total. The maximum Gasteiger partial charge on any atom is 0.335 e. The van der Waals surface area contributed by atoms with E-state index in [2.05, 4.69) is 0 Å². The predicted molar refractivity (Wildman–Crippen MR) is 63.7 cm³/mol. The van der Waals surface area contributed by atoms with Crippen molar-refractivity contribution in [3.63, 3.8) is 0 Å². The summed E-state index contributed by atoms with van der Waals surface area (Å²) < 4.78 is 0. The molecule has 1 aromatic carbocycles. The third-order valence-electron chi connectivity index (χ3n) is 2.08. The quantitative estimate of drug-likeness (QED) is 0.636. The Hall–Kier alpha value is -1.92. The molecular formula is C12H16O6. The Morgan fingerprint density at radius 1 is 0.833 bits per heavy atom. The van der Waals surface area contributed by atoms with Crippen LogP contribution in [0.4, 0.5) is 0 Å². The number of aromatic carboxylic acids is 2. The molecule has 0 spiro atoms. The van der Waals surface area contributed by atoms with E-state index in [0.717, 1.165) is 0 Å². The first-order valence-corrected chi connectivity index (χ1v) is 5.18. The summed E-state index contributed by atoms with van der Waals surface area (Å²) >= 11 is 0. The van der Waals surface area contributed by atoms with Crippen LogP contribution in [0.25, 0.3) is 0 Å². The number of rotatable bonds is 3. The van der Waals surface area contributed by atoms with Crippen molar-refractivity contribution in [3.05, 3.63) is 35.4 Å². The van der Waals surface area contributed by atoms with Crippen molar-refractivity contribution in [1.82, 2.24) is 0 Å². The lowest BCUT2D eigenvalue weighted by Crippen LogP contribution is -2.17. The average molecular weight is 256 g/mol. The molecule has 1 rings (SSSR count). The summed E-state index contributed by atoms with van der Waals surface area (Å²) in [5.41, 5.74) is 0.167. The highest BCUT2D eigenvalue weighted by Crippen LogP contribution is 2.03. The number of carbonyl (C=O) groups is 2. The van der Waals surface area contributed by atoms with E-state index in [1.807, 2.05) is 0 Å². The average Bonchev–Trinajstić information content (AvgIpc) is 2.29. The van der Waals surface area contributed by atoms with Crippen molar-refractivity contribution in [2.75, 3.05) is 0 Å². The largest absolute Gasteiger partial charge is 0.478 e. The fourth-order valence-corrected chi connectivity index (χ4v) is 0.755. The minimum Gasteiger partial charge on any atom is -0.478 e. The number of hydrogen-bond donors (Lipinski definition) is 4. The summed E-state index contributed by atoms with van der Waals surface area (Å²) in [6.07, 6.45) is -1.19. The summed E-state index contributed by atoms with van der Waals surface area (Å²) in [5.74, 6) is -2.13. The van der Waals surface area contributed by atoms with E-state index >= 15 is 0 Å². The smallest absolute Gasteiger partial charge is 0.335 e. The minimum atomic E-state index is -1.06. The van der Waals surface area contributed by atoms with E-state index in [1.165, 1.54) is 24.3 Å². The predicted octanol–water partition coefficient (Wildman–Crippen LogP) is 0.831. The van der Waals surface area contributed by atoms with Gasteiger partial charge in [0.25, 0.3) is 0 Å². The number of aliphatic hydroxyl groups is 2. The molecule has 0 aliphatic heterocycles. The highest BCUT2D eigenvalue weighted by Gasteiger charge is 2.04. The van der Waals surface area contributed by atoms with Crippen LogP contribution < -0.4 is 0 Å². The number of aliphatic hydroxyl groups excluding tert-OH is 2. The van der Waals surface area contributed by atoms with Crippen LogP contribution in [0, 0.1) is 0 Å².